The number of esters is 1. The lowest BCUT2D eigenvalue weighted by molar-refractivity contribution is -0.384. The highest BCUT2D eigenvalue weighted by molar-refractivity contribution is 5.86. The van der Waals surface area contributed by atoms with Gasteiger partial charge in [0.05, 0.1) is 11.0 Å². The quantitative estimate of drug-likeness (QED) is 0.362. The van der Waals surface area contributed by atoms with Gasteiger partial charge in [0.25, 0.3) is 5.69 Å². The number of benzene rings is 1. The first-order valence-corrected chi connectivity index (χ1v) is 7.33. The molecule has 1 unspecified atom stereocenters. The summed E-state index contributed by atoms with van der Waals surface area (Å²) in [6.07, 6.45) is 3.07. The third kappa shape index (κ3) is 3.84. The van der Waals surface area contributed by atoms with E-state index in [4.69, 9.17) is 4.74 Å². The Balaban J connectivity index is 2.07. The number of ether oxygens (including phenoxy) is 1. The number of anilines is 1. The molecule has 6 nitrogen and oxygen atoms in total. The molecule has 118 valence electrons. The third-order valence-corrected chi connectivity index (χ3v) is 3.77. The van der Waals surface area contributed by atoms with E-state index in [-0.39, 0.29) is 17.7 Å². The summed E-state index contributed by atoms with van der Waals surface area (Å²) in [5.74, 6) is -0.380. The molecule has 0 amide bonds. The Morgan fingerprint density at radius 1 is 1.41 bits per heavy atom. The summed E-state index contributed by atoms with van der Waals surface area (Å²) in [6.45, 7) is 6.36. The molecule has 1 heterocycles. The fourth-order valence-electron chi connectivity index (χ4n) is 2.57. The van der Waals surface area contributed by atoms with Crippen molar-refractivity contribution in [3.63, 3.8) is 0 Å². The molecule has 0 spiro atoms. The number of nitrogens with zero attached hydrogens (tertiary/aromatic N) is 2. The highest BCUT2D eigenvalue weighted by Crippen LogP contribution is 2.26. The van der Waals surface area contributed by atoms with E-state index in [2.05, 4.69) is 11.5 Å². The normalized spacial score (nSPS) is 17.9. The number of non-ortho nitro benzene ring substituents is 1. The molecule has 0 bridgehead atoms. The molecule has 1 aliphatic rings. The van der Waals surface area contributed by atoms with Crippen LogP contribution < -0.4 is 4.90 Å². The largest absolute Gasteiger partial charge is 0.460 e. The molecule has 1 fully saturated rings. The van der Waals surface area contributed by atoms with Crippen molar-refractivity contribution in [3.8, 4) is 0 Å². The Labute approximate surface area is 129 Å². The Morgan fingerprint density at radius 3 is 2.68 bits per heavy atom. The number of carbonyl (C=O) groups excluding carboxylic acids is 1. The molecule has 0 N–H and O–H groups in total. The summed E-state index contributed by atoms with van der Waals surface area (Å²) in [7, 11) is 0. The lowest BCUT2D eigenvalue weighted by Gasteiger charge is -2.37. The molecule has 0 aliphatic carbocycles. The number of carbonyl (C=O) groups is 1. The molecule has 22 heavy (non-hydrogen) atoms. The van der Waals surface area contributed by atoms with Crippen LogP contribution in [0.15, 0.2) is 36.4 Å². The number of nitro groups is 1. The van der Waals surface area contributed by atoms with Crippen molar-refractivity contribution in [1.82, 2.24) is 0 Å². The molecule has 0 radical (unpaired) electrons. The second kappa shape index (κ2) is 7.06. The van der Waals surface area contributed by atoms with Gasteiger partial charge in [-0.1, -0.05) is 6.58 Å². The van der Waals surface area contributed by atoms with Gasteiger partial charge in [0.1, 0.15) is 6.61 Å². The first-order valence-electron chi connectivity index (χ1n) is 7.33. The summed E-state index contributed by atoms with van der Waals surface area (Å²) in [4.78, 5) is 24.0. The number of rotatable bonds is 5. The Kier molecular flexibility index (Phi) is 5.14. The highest BCUT2D eigenvalue weighted by atomic mass is 16.6. The molecule has 1 aromatic rings. The molecular weight excluding hydrogens is 284 g/mol. The van der Waals surface area contributed by atoms with Crippen LogP contribution in [-0.4, -0.2) is 30.1 Å². The summed E-state index contributed by atoms with van der Waals surface area (Å²) in [5.41, 5.74) is 1.38. The zero-order valence-corrected chi connectivity index (χ0v) is 12.7. The Morgan fingerprint density at radius 2 is 2.09 bits per heavy atom. The highest BCUT2D eigenvalue weighted by Gasteiger charge is 2.24. The van der Waals surface area contributed by atoms with Crippen LogP contribution in [-0.2, 0) is 9.53 Å². The van der Waals surface area contributed by atoms with Crippen molar-refractivity contribution in [2.24, 2.45) is 0 Å². The van der Waals surface area contributed by atoms with E-state index in [1.54, 1.807) is 19.1 Å². The average Bonchev–Trinajstić information content (AvgIpc) is 2.52. The van der Waals surface area contributed by atoms with Crippen LogP contribution in [0.5, 0.6) is 0 Å². The average molecular weight is 304 g/mol. The minimum absolute atomic E-state index is 0.0750. The molecule has 0 saturated carbocycles. The van der Waals surface area contributed by atoms with Gasteiger partial charge < -0.3 is 9.64 Å². The summed E-state index contributed by atoms with van der Waals surface area (Å²) < 4.78 is 5.27. The lowest BCUT2D eigenvalue weighted by Crippen LogP contribution is -2.43. The lowest BCUT2D eigenvalue weighted by atomic mass is 10.0. The van der Waals surface area contributed by atoms with Crippen LogP contribution in [0.3, 0.4) is 0 Å². The molecule has 1 aliphatic heterocycles. The van der Waals surface area contributed by atoms with Crippen molar-refractivity contribution in [3.05, 3.63) is 46.5 Å². The zero-order valence-electron chi connectivity index (χ0n) is 12.7. The minimum Gasteiger partial charge on any atom is -0.460 e. The summed E-state index contributed by atoms with van der Waals surface area (Å²) >= 11 is 0. The second-order valence-corrected chi connectivity index (χ2v) is 5.50. The topological polar surface area (TPSA) is 72.7 Å². The maximum absolute atomic E-state index is 11.5. The van der Waals surface area contributed by atoms with E-state index in [1.165, 1.54) is 12.1 Å². The van der Waals surface area contributed by atoms with Crippen molar-refractivity contribution in [2.75, 3.05) is 18.1 Å². The van der Waals surface area contributed by atoms with Crippen LogP contribution in [0.1, 0.15) is 26.2 Å². The van der Waals surface area contributed by atoms with E-state index in [0.717, 1.165) is 31.5 Å². The molecule has 1 atom stereocenters. The van der Waals surface area contributed by atoms with E-state index in [9.17, 15) is 14.9 Å². The van der Waals surface area contributed by atoms with Gasteiger partial charge in [-0.05, 0) is 38.3 Å². The smallest absolute Gasteiger partial charge is 0.333 e. The number of piperidine rings is 1. The van der Waals surface area contributed by atoms with E-state index >= 15 is 0 Å². The van der Waals surface area contributed by atoms with Crippen LogP contribution >= 0.6 is 0 Å². The standard InChI is InChI=1S/C16H20N2O4/c1-12(2)16(19)22-11-15-5-3-4-10-17(15)13-6-8-14(9-7-13)18(20)21/h6-9,15H,1,3-5,10-11H2,2H3. The SMILES string of the molecule is C=C(C)C(=O)OCC1CCCCN1c1ccc([N+](=O)[O-])cc1. The van der Waals surface area contributed by atoms with Crippen molar-refractivity contribution >= 4 is 17.3 Å². The minimum atomic E-state index is -0.411. The number of nitro benzene ring substituents is 1. The van der Waals surface area contributed by atoms with Gasteiger partial charge in [0.15, 0.2) is 0 Å². The monoisotopic (exact) mass is 304 g/mol. The molecular formula is C16H20N2O4. The summed E-state index contributed by atoms with van der Waals surface area (Å²) in [5, 5.41) is 10.7. The van der Waals surface area contributed by atoms with Gasteiger partial charge in [-0.2, -0.15) is 0 Å². The van der Waals surface area contributed by atoms with Gasteiger partial charge in [-0.3, -0.25) is 10.1 Å². The van der Waals surface area contributed by atoms with Gasteiger partial charge in [0.2, 0.25) is 0 Å². The van der Waals surface area contributed by atoms with Crippen molar-refractivity contribution < 1.29 is 14.5 Å². The summed E-state index contributed by atoms with van der Waals surface area (Å²) in [6, 6.07) is 6.59. The van der Waals surface area contributed by atoms with E-state index in [1.807, 2.05) is 0 Å². The fraction of sp³-hybridized carbons (Fsp3) is 0.438. The Bertz CT molecular complexity index is 568. The van der Waals surface area contributed by atoms with Crippen molar-refractivity contribution in [1.29, 1.82) is 0 Å². The third-order valence-electron chi connectivity index (χ3n) is 3.77. The van der Waals surface area contributed by atoms with Gasteiger partial charge >= 0.3 is 5.97 Å². The molecule has 2 rings (SSSR count). The molecule has 1 saturated heterocycles. The Hall–Kier alpha value is -2.37. The fourth-order valence-corrected chi connectivity index (χ4v) is 2.57. The molecule has 6 heteroatoms. The van der Waals surface area contributed by atoms with Crippen LogP contribution in [0.2, 0.25) is 0 Å². The van der Waals surface area contributed by atoms with E-state index in [0.29, 0.717) is 12.2 Å². The van der Waals surface area contributed by atoms with Crippen LogP contribution in [0.25, 0.3) is 0 Å². The number of hydrogen-bond donors (Lipinski definition) is 0. The van der Waals surface area contributed by atoms with Gasteiger partial charge in [0, 0.05) is 29.9 Å². The van der Waals surface area contributed by atoms with Gasteiger partial charge in [-0.25, -0.2) is 4.79 Å². The maximum Gasteiger partial charge on any atom is 0.333 e. The van der Waals surface area contributed by atoms with E-state index < -0.39 is 4.92 Å². The zero-order chi connectivity index (χ0) is 16.1. The predicted octanol–water partition coefficient (Wildman–Crippen LogP) is 3.07. The predicted molar refractivity (Wildman–Crippen MR) is 83.9 cm³/mol. The molecule has 1 aromatic carbocycles. The van der Waals surface area contributed by atoms with Crippen LogP contribution in [0.4, 0.5) is 11.4 Å². The molecule has 0 aromatic heterocycles. The van der Waals surface area contributed by atoms with Crippen molar-refractivity contribution in [2.45, 2.75) is 32.2 Å². The van der Waals surface area contributed by atoms with Gasteiger partial charge in [-0.15, -0.1) is 0 Å². The second-order valence-electron chi connectivity index (χ2n) is 5.50. The number of hydrogen-bond acceptors (Lipinski definition) is 5. The van der Waals surface area contributed by atoms with Crippen LogP contribution in [0, 0.1) is 10.1 Å². The first kappa shape index (κ1) is 16.0. The maximum atomic E-state index is 11.5. The first-order chi connectivity index (χ1) is 10.5.